The van der Waals surface area contributed by atoms with Gasteiger partial charge < -0.3 is 10.1 Å². The maximum Gasteiger partial charge on any atom is 0.255 e. The maximum absolute atomic E-state index is 12.2. The number of hydrogen-bond donors (Lipinski definition) is 1. The first kappa shape index (κ1) is 12.5. The lowest BCUT2D eigenvalue weighted by Gasteiger charge is -2.17. The molecule has 0 aliphatic carbocycles. The van der Waals surface area contributed by atoms with Crippen LogP contribution < -0.4 is 10.1 Å². The van der Waals surface area contributed by atoms with E-state index in [0.717, 1.165) is 22.6 Å². The number of carbonyl (C=O) groups excluding carboxylic acids is 1. The molecule has 1 amide bonds. The first-order chi connectivity index (χ1) is 9.72. The summed E-state index contributed by atoms with van der Waals surface area (Å²) in [5.74, 6) is 0.697. The van der Waals surface area contributed by atoms with E-state index in [1.807, 2.05) is 61.5 Å². The summed E-state index contributed by atoms with van der Waals surface area (Å²) in [5.41, 5.74) is 3.52. The van der Waals surface area contributed by atoms with Gasteiger partial charge in [0.05, 0.1) is 5.57 Å². The van der Waals surface area contributed by atoms with E-state index in [9.17, 15) is 4.79 Å². The van der Waals surface area contributed by atoms with Crippen molar-refractivity contribution in [2.45, 2.75) is 6.92 Å². The van der Waals surface area contributed by atoms with Crippen molar-refractivity contribution in [1.82, 2.24) is 0 Å². The molecular weight excluding hydrogens is 250 g/mol. The third-order valence-corrected chi connectivity index (χ3v) is 3.23. The van der Waals surface area contributed by atoms with Crippen LogP contribution in [-0.4, -0.2) is 12.5 Å². The van der Waals surface area contributed by atoms with Crippen LogP contribution in [0.1, 0.15) is 11.1 Å². The molecule has 1 heterocycles. The number of benzene rings is 2. The molecule has 1 N–H and O–H groups in total. The Bertz CT molecular complexity index is 672. The van der Waals surface area contributed by atoms with Crippen molar-refractivity contribution in [1.29, 1.82) is 0 Å². The van der Waals surface area contributed by atoms with Crippen molar-refractivity contribution >= 4 is 17.7 Å². The average molecular weight is 265 g/mol. The number of para-hydroxylation sites is 1. The minimum atomic E-state index is -0.122. The summed E-state index contributed by atoms with van der Waals surface area (Å²) in [4.78, 5) is 12.2. The molecular formula is C17H15NO2. The summed E-state index contributed by atoms with van der Waals surface area (Å²) >= 11 is 0. The lowest BCUT2D eigenvalue weighted by atomic mass is 10.1. The predicted molar refractivity (Wildman–Crippen MR) is 79.7 cm³/mol. The molecule has 0 saturated carbocycles. The Morgan fingerprint density at radius 2 is 1.85 bits per heavy atom. The molecule has 0 unspecified atom stereocenters. The van der Waals surface area contributed by atoms with Gasteiger partial charge in [0.2, 0.25) is 0 Å². The van der Waals surface area contributed by atoms with E-state index in [1.54, 1.807) is 0 Å². The van der Waals surface area contributed by atoms with Crippen LogP contribution in [0, 0.1) is 6.92 Å². The molecule has 2 aromatic rings. The summed E-state index contributed by atoms with van der Waals surface area (Å²) < 4.78 is 5.58. The zero-order valence-corrected chi connectivity index (χ0v) is 11.2. The molecule has 0 saturated heterocycles. The quantitative estimate of drug-likeness (QED) is 0.903. The lowest BCUT2D eigenvalue weighted by Crippen LogP contribution is -2.21. The number of ether oxygens (including phenoxy) is 1. The molecule has 0 radical (unpaired) electrons. The molecule has 1 aliphatic rings. The van der Waals surface area contributed by atoms with Crippen LogP contribution in [0.5, 0.6) is 5.75 Å². The standard InChI is InChI=1S/C17H15NO2/c1-12-6-8-15(9-7-12)18-17(19)14-10-13-4-2-3-5-16(13)20-11-14/h2-10H,11H2,1H3,(H,18,19). The Kier molecular flexibility index (Phi) is 3.25. The fraction of sp³-hybridized carbons (Fsp3) is 0.118. The maximum atomic E-state index is 12.2. The summed E-state index contributed by atoms with van der Waals surface area (Å²) in [7, 11) is 0. The third-order valence-electron chi connectivity index (χ3n) is 3.23. The van der Waals surface area contributed by atoms with Gasteiger partial charge in [-0.25, -0.2) is 0 Å². The smallest absolute Gasteiger partial charge is 0.255 e. The molecule has 3 heteroatoms. The molecule has 100 valence electrons. The molecule has 0 spiro atoms. The normalized spacial score (nSPS) is 12.9. The Morgan fingerprint density at radius 1 is 1.10 bits per heavy atom. The minimum absolute atomic E-state index is 0.122. The molecule has 3 rings (SSSR count). The number of anilines is 1. The Morgan fingerprint density at radius 3 is 2.65 bits per heavy atom. The van der Waals surface area contributed by atoms with Crippen molar-refractivity contribution < 1.29 is 9.53 Å². The molecule has 2 aromatic carbocycles. The monoisotopic (exact) mass is 265 g/mol. The van der Waals surface area contributed by atoms with Crippen LogP contribution >= 0.6 is 0 Å². The minimum Gasteiger partial charge on any atom is -0.488 e. The number of nitrogens with one attached hydrogen (secondary N) is 1. The second-order valence-electron chi connectivity index (χ2n) is 4.82. The number of carbonyl (C=O) groups is 1. The van der Waals surface area contributed by atoms with E-state index in [1.165, 1.54) is 0 Å². The molecule has 3 nitrogen and oxygen atoms in total. The van der Waals surface area contributed by atoms with Crippen LogP contribution in [0.4, 0.5) is 5.69 Å². The summed E-state index contributed by atoms with van der Waals surface area (Å²) in [5, 5.41) is 2.88. The van der Waals surface area contributed by atoms with Crippen molar-refractivity contribution in [3.05, 3.63) is 65.2 Å². The van der Waals surface area contributed by atoms with Gasteiger partial charge in [0.15, 0.2) is 0 Å². The van der Waals surface area contributed by atoms with Crippen LogP contribution in [0.25, 0.3) is 6.08 Å². The van der Waals surface area contributed by atoms with Gasteiger partial charge in [0.1, 0.15) is 12.4 Å². The molecule has 1 aliphatic heterocycles. The van der Waals surface area contributed by atoms with Crippen LogP contribution in [0.3, 0.4) is 0 Å². The number of aryl methyl sites for hydroxylation is 1. The van der Waals surface area contributed by atoms with Gasteiger partial charge in [-0.15, -0.1) is 0 Å². The molecule has 20 heavy (non-hydrogen) atoms. The van der Waals surface area contributed by atoms with Gasteiger partial charge in [0, 0.05) is 11.3 Å². The molecule has 0 bridgehead atoms. The van der Waals surface area contributed by atoms with Gasteiger partial charge in [-0.1, -0.05) is 35.9 Å². The van der Waals surface area contributed by atoms with E-state index < -0.39 is 0 Å². The van der Waals surface area contributed by atoms with E-state index in [0.29, 0.717) is 12.2 Å². The highest BCUT2D eigenvalue weighted by molar-refractivity contribution is 6.07. The molecule has 0 atom stereocenters. The van der Waals surface area contributed by atoms with Gasteiger partial charge in [-0.2, -0.15) is 0 Å². The van der Waals surface area contributed by atoms with Gasteiger partial charge in [-0.3, -0.25) is 4.79 Å². The first-order valence-corrected chi connectivity index (χ1v) is 6.53. The highest BCUT2D eigenvalue weighted by Crippen LogP contribution is 2.26. The predicted octanol–water partition coefficient (Wildman–Crippen LogP) is 3.41. The van der Waals surface area contributed by atoms with Crippen molar-refractivity contribution in [3.63, 3.8) is 0 Å². The van der Waals surface area contributed by atoms with Crippen LogP contribution in [-0.2, 0) is 4.79 Å². The SMILES string of the molecule is Cc1ccc(NC(=O)C2=Cc3ccccc3OC2)cc1. The second kappa shape index (κ2) is 5.21. The van der Waals surface area contributed by atoms with E-state index in [-0.39, 0.29) is 5.91 Å². The summed E-state index contributed by atoms with van der Waals surface area (Å²) in [6.07, 6.45) is 1.88. The average Bonchev–Trinajstić information content (AvgIpc) is 2.49. The van der Waals surface area contributed by atoms with Crippen molar-refractivity contribution in [2.75, 3.05) is 11.9 Å². The first-order valence-electron chi connectivity index (χ1n) is 6.53. The number of fused-ring (bicyclic) bond motifs is 1. The van der Waals surface area contributed by atoms with Gasteiger partial charge >= 0.3 is 0 Å². The number of hydrogen-bond acceptors (Lipinski definition) is 2. The Labute approximate surface area is 117 Å². The van der Waals surface area contributed by atoms with Gasteiger partial charge in [0.25, 0.3) is 5.91 Å². The zero-order valence-electron chi connectivity index (χ0n) is 11.2. The number of amides is 1. The summed E-state index contributed by atoms with van der Waals surface area (Å²) in [6, 6.07) is 15.4. The zero-order chi connectivity index (χ0) is 13.9. The summed E-state index contributed by atoms with van der Waals surface area (Å²) in [6.45, 7) is 2.31. The van der Waals surface area contributed by atoms with Gasteiger partial charge in [-0.05, 0) is 31.2 Å². The molecule has 0 fully saturated rings. The Balaban J connectivity index is 1.78. The topological polar surface area (TPSA) is 38.3 Å². The van der Waals surface area contributed by atoms with Crippen LogP contribution in [0.2, 0.25) is 0 Å². The van der Waals surface area contributed by atoms with E-state index in [2.05, 4.69) is 5.32 Å². The fourth-order valence-electron chi connectivity index (χ4n) is 2.10. The van der Waals surface area contributed by atoms with Crippen molar-refractivity contribution in [3.8, 4) is 5.75 Å². The Hall–Kier alpha value is -2.55. The fourth-order valence-corrected chi connectivity index (χ4v) is 2.10. The van der Waals surface area contributed by atoms with Crippen LogP contribution in [0.15, 0.2) is 54.1 Å². The highest BCUT2D eigenvalue weighted by Gasteiger charge is 2.16. The van der Waals surface area contributed by atoms with Crippen molar-refractivity contribution in [2.24, 2.45) is 0 Å². The second-order valence-corrected chi connectivity index (χ2v) is 4.82. The van der Waals surface area contributed by atoms with E-state index in [4.69, 9.17) is 4.74 Å². The third kappa shape index (κ3) is 2.57. The highest BCUT2D eigenvalue weighted by atomic mass is 16.5. The largest absolute Gasteiger partial charge is 0.488 e. The molecule has 0 aromatic heterocycles. The van der Waals surface area contributed by atoms with E-state index >= 15 is 0 Å². The number of rotatable bonds is 2. The lowest BCUT2D eigenvalue weighted by molar-refractivity contribution is -0.113.